The summed E-state index contributed by atoms with van der Waals surface area (Å²) in [6.45, 7) is 5.18. The third-order valence-corrected chi connectivity index (χ3v) is 5.64. The Morgan fingerprint density at radius 3 is 2.37 bits per heavy atom. The Morgan fingerprint density at radius 1 is 1.21 bits per heavy atom. The molecule has 3 N–H and O–H groups in total. The van der Waals surface area contributed by atoms with Crippen molar-refractivity contribution in [2.24, 2.45) is 23.0 Å². The number of carbonyl (C=O) groups is 1. The second-order valence-electron chi connectivity index (χ2n) is 6.92. The summed E-state index contributed by atoms with van der Waals surface area (Å²) >= 11 is 0. The Morgan fingerprint density at radius 2 is 1.84 bits per heavy atom. The fourth-order valence-corrected chi connectivity index (χ4v) is 3.76. The highest BCUT2D eigenvalue weighted by Crippen LogP contribution is 2.37. The minimum atomic E-state index is -0.319. The molecule has 0 heterocycles. The molecule has 19 heavy (non-hydrogen) atoms. The molecule has 2 fully saturated rings. The van der Waals surface area contributed by atoms with E-state index in [-0.39, 0.29) is 17.4 Å². The van der Waals surface area contributed by atoms with Gasteiger partial charge in [0.25, 0.3) is 0 Å². The van der Waals surface area contributed by atoms with Crippen molar-refractivity contribution in [1.82, 2.24) is 5.32 Å². The molecule has 0 saturated heterocycles. The van der Waals surface area contributed by atoms with Gasteiger partial charge in [0.2, 0.25) is 5.91 Å². The van der Waals surface area contributed by atoms with E-state index >= 15 is 0 Å². The van der Waals surface area contributed by atoms with Crippen molar-refractivity contribution in [3.63, 3.8) is 0 Å². The van der Waals surface area contributed by atoms with Gasteiger partial charge in [0.15, 0.2) is 0 Å². The quantitative estimate of drug-likeness (QED) is 0.822. The lowest BCUT2D eigenvalue weighted by Crippen LogP contribution is -2.48. The van der Waals surface area contributed by atoms with Gasteiger partial charge in [-0.1, -0.05) is 32.6 Å². The second-order valence-corrected chi connectivity index (χ2v) is 6.92. The number of rotatable bonds is 4. The summed E-state index contributed by atoms with van der Waals surface area (Å²) in [5.41, 5.74) is 5.78. The van der Waals surface area contributed by atoms with Crippen LogP contribution in [-0.4, -0.2) is 18.5 Å². The molecule has 2 aliphatic carbocycles. The summed E-state index contributed by atoms with van der Waals surface area (Å²) in [7, 11) is 0. The van der Waals surface area contributed by atoms with Gasteiger partial charge in [-0.25, -0.2) is 0 Å². The molecule has 0 radical (unpaired) electrons. The first-order valence-corrected chi connectivity index (χ1v) is 8.10. The topological polar surface area (TPSA) is 55.1 Å². The average Bonchev–Trinajstić information content (AvgIpc) is 2.78. The van der Waals surface area contributed by atoms with Crippen LogP contribution in [0.15, 0.2) is 0 Å². The lowest BCUT2D eigenvalue weighted by molar-refractivity contribution is -0.130. The molecular formula is C16H30N2O. The van der Waals surface area contributed by atoms with Crippen molar-refractivity contribution >= 4 is 5.91 Å². The van der Waals surface area contributed by atoms with Gasteiger partial charge in [0, 0.05) is 12.6 Å². The van der Waals surface area contributed by atoms with E-state index in [1.165, 1.54) is 32.1 Å². The maximum absolute atomic E-state index is 12.3. The lowest BCUT2D eigenvalue weighted by Gasteiger charge is -2.31. The fourth-order valence-electron chi connectivity index (χ4n) is 3.76. The van der Waals surface area contributed by atoms with Crippen LogP contribution in [0.25, 0.3) is 0 Å². The number of nitrogens with two attached hydrogens (primary N) is 1. The molecule has 2 atom stereocenters. The minimum absolute atomic E-state index is 0.0447. The van der Waals surface area contributed by atoms with Gasteiger partial charge in [-0.3, -0.25) is 4.79 Å². The molecule has 3 heteroatoms. The number of hydrogen-bond donors (Lipinski definition) is 2. The highest BCUT2D eigenvalue weighted by Gasteiger charge is 2.42. The highest BCUT2D eigenvalue weighted by atomic mass is 16.2. The van der Waals surface area contributed by atoms with E-state index in [0.717, 1.165) is 31.7 Å². The Hall–Kier alpha value is -0.570. The van der Waals surface area contributed by atoms with Crippen molar-refractivity contribution < 1.29 is 4.79 Å². The number of nitrogens with one attached hydrogen (secondary N) is 1. The van der Waals surface area contributed by atoms with Crippen LogP contribution in [0.4, 0.5) is 0 Å². The molecular weight excluding hydrogens is 236 g/mol. The van der Waals surface area contributed by atoms with Crippen molar-refractivity contribution in [3.05, 3.63) is 0 Å². The van der Waals surface area contributed by atoms with Crippen LogP contribution in [0.5, 0.6) is 0 Å². The third kappa shape index (κ3) is 3.31. The zero-order valence-electron chi connectivity index (χ0n) is 12.6. The van der Waals surface area contributed by atoms with Gasteiger partial charge in [-0.2, -0.15) is 0 Å². The summed E-state index contributed by atoms with van der Waals surface area (Å²) in [4.78, 5) is 12.3. The molecule has 2 rings (SSSR count). The molecule has 0 aliphatic heterocycles. The van der Waals surface area contributed by atoms with Gasteiger partial charge in [0.05, 0.1) is 5.41 Å². The van der Waals surface area contributed by atoms with Crippen LogP contribution in [0.3, 0.4) is 0 Å². The fraction of sp³-hybridized carbons (Fsp3) is 0.938. The molecule has 0 aromatic heterocycles. The van der Waals surface area contributed by atoms with Crippen LogP contribution >= 0.6 is 0 Å². The molecule has 3 nitrogen and oxygen atoms in total. The van der Waals surface area contributed by atoms with E-state index in [9.17, 15) is 4.79 Å². The van der Waals surface area contributed by atoms with E-state index in [0.29, 0.717) is 5.92 Å². The summed E-state index contributed by atoms with van der Waals surface area (Å²) in [5.74, 6) is 1.80. The van der Waals surface area contributed by atoms with Crippen molar-refractivity contribution in [2.75, 3.05) is 6.54 Å². The van der Waals surface area contributed by atoms with Crippen LogP contribution in [0.2, 0.25) is 0 Å². The molecule has 110 valence electrons. The van der Waals surface area contributed by atoms with Crippen LogP contribution in [0, 0.1) is 17.3 Å². The molecule has 0 bridgehead atoms. The smallest absolute Gasteiger partial charge is 0.227 e. The van der Waals surface area contributed by atoms with Crippen molar-refractivity contribution in [3.8, 4) is 0 Å². The zero-order valence-corrected chi connectivity index (χ0v) is 12.6. The van der Waals surface area contributed by atoms with Gasteiger partial charge in [-0.15, -0.1) is 0 Å². The standard InChI is InChI=1S/C16H30N2O/c1-3-12-6-8-13(9-7-12)11-18-15(19)16(2)10-4-5-14(16)17/h12-14H,3-11,17H2,1-2H3,(H,18,19). The lowest BCUT2D eigenvalue weighted by atomic mass is 9.80. The van der Waals surface area contributed by atoms with Gasteiger partial charge >= 0.3 is 0 Å². The first kappa shape index (κ1) is 14.8. The maximum Gasteiger partial charge on any atom is 0.227 e. The molecule has 0 aromatic carbocycles. The van der Waals surface area contributed by atoms with Crippen LogP contribution in [-0.2, 0) is 4.79 Å². The van der Waals surface area contributed by atoms with Crippen molar-refractivity contribution in [2.45, 2.75) is 71.3 Å². The normalized spacial score (nSPS) is 39.2. The van der Waals surface area contributed by atoms with Crippen LogP contribution in [0.1, 0.15) is 65.2 Å². The summed E-state index contributed by atoms with van der Waals surface area (Å²) in [6, 6.07) is 0.0447. The minimum Gasteiger partial charge on any atom is -0.355 e. The van der Waals surface area contributed by atoms with E-state index in [1.54, 1.807) is 0 Å². The number of amides is 1. The SMILES string of the molecule is CCC1CCC(CNC(=O)C2(C)CCCC2N)CC1. The van der Waals surface area contributed by atoms with Gasteiger partial charge in [0.1, 0.15) is 0 Å². The summed E-state index contributed by atoms with van der Waals surface area (Å²) < 4.78 is 0. The predicted octanol–water partition coefficient (Wildman–Crippen LogP) is 2.84. The molecule has 2 aliphatic rings. The number of carbonyl (C=O) groups excluding carboxylic acids is 1. The van der Waals surface area contributed by atoms with Crippen molar-refractivity contribution in [1.29, 1.82) is 0 Å². The second kappa shape index (κ2) is 6.25. The predicted molar refractivity (Wildman–Crippen MR) is 78.7 cm³/mol. The first-order chi connectivity index (χ1) is 9.06. The Kier molecular flexibility index (Phi) is 4.88. The third-order valence-electron chi connectivity index (χ3n) is 5.64. The Labute approximate surface area is 117 Å². The first-order valence-electron chi connectivity index (χ1n) is 8.10. The van der Waals surface area contributed by atoms with Crippen LogP contribution < -0.4 is 11.1 Å². The molecule has 0 aromatic rings. The molecule has 2 unspecified atom stereocenters. The van der Waals surface area contributed by atoms with E-state index in [2.05, 4.69) is 12.2 Å². The summed E-state index contributed by atoms with van der Waals surface area (Å²) in [5, 5.41) is 3.18. The average molecular weight is 266 g/mol. The maximum atomic E-state index is 12.3. The zero-order chi connectivity index (χ0) is 13.9. The molecule has 1 amide bonds. The van der Waals surface area contributed by atoms with Gasteiger partial charge in [-0.05, 0) is 44.4 Å². The molecule has 2 saturated carbocycles. The number of hydrogen-bond acceptors (Lipinski definition) is 2. The van der Waals surface area contributed by atoms with E-state index in [1.807, 2.05) is 6.92 Å². The summed E-state index contributed by atoms with van der Waals surface area (Å²) in [6.07, 6.45) is 9.58. The van der Waals surface area contributed by atoms with Gasteiger partial charge < -0.3 is 11.1 Å². The Bertz CT molecular complexity index is 310. The largest absolute Gasteiger partial charge is 0.355 e. The molecule has 0 spiro atoms. The Balaban J connectivity index is 1.75. The highest BCUT2D eigenvalue weighted by molar-refractivity contribution is 5.83. The van der Waals surface area contributed by atoms with E-state index < -0.39 is 0 Å². The van der Waals surface area contributed by atoms with E-state index in [4.69, 9.17) is 5.73 Å². The monoisotopic (exact) mass is 266 g/mol.